The van der Waals surface area contributed by atoms with Crippen molar-refractivity contribution in [2.45, 2.75) is 19.4 Å². The summed E-state index contributed by atoms with van der Waals surface area (Å²) < 4.78 is 0. The molecule has 0 spiro atoms. The summed E-state index contributed by atoms with van der Waals surface area (Å²) in [6, 6.07) is 2.14. The molecule has 2 N–H and O–H groups in total. The van der Waals surface area contributed by atoms with Gasteiger partial charge in [-0.25, -0.2) is 0 Å². The number of hydrogen-bond acceptors (Lipinski definition) is 3. The van der Waals surface area contributed by atoms with E-state index in [0.29, 0.717) is 0 Å². The zero-order valence-corrected chi connectivity index (χ0v) is 15.2. The summed E-state index contributed by atoms with van der Waals surface area (Å²) in [4.78, 5) is 4.26. The lowest BCUT2D eigenvalue weighted by atomic mass is 10.0. The first-order valence-electron chi connectivity index (χ1n) is 6.42. The molecule has 0 aromatic carbocycles. The molecule has 0 radical (unpaired) electrons. The van der Waals surface area contributed by atoms with Gasteiger partial charge in [-0.05, 0) is 52.7 Å². The zero-order valence-electron chi connectivity index (χ0n) is 11.2. The number of nitrogens with zero attached hydrogens (tertiary/aromatic N) is 1. The van der Waals surface area contributed by atoms with Crippen LogP contribution < -0.4 is 10.6 Å². The number of thiophene rings is 1. The Kier molecular flexibility index (Phi) is 8.89. The van der Waals surface area contributed by atoms with Gasteiger partial charge in [0, 0.05) is 20.1 Å². The van der Waals surface area contributed by atoms with Crippen LogP contribution in [-0.2, 0) is 6.54 Å². The first kappa shape index (κ1) is 17.1. The van der Waals surface area contributed by atoms with Crippen molar-refractivity contribution in [3.8, 4) is 0 Å². The lowest BCUT2D eigenvalue weighted by molar-refractivity contribution is 0.479. The average molecular weight is 411 g/mol. The van der Waals surface area contributed by atoms with Crippen LogP contribution in [0.25, 0.3) is 0 Å². The predicted octanol–water partition coefficient (Wildman–Crippen LogP) is 3.17. The molecule has 1 aromatic rings. The van der Waals surface area contributed by atoms with Crippen molar-refractivity contribution < 1.29 is 0 Å². The van der Waals surface area contributed by atoms with Crippen LogP contribution in [0.2, 0.25) is 0 Å². The number of aliphatic imine (C=N–C) groups is 1. The lowest BCUT2D eigenvalue weighted by Crippen LogP contribution is -2.39. The molecule has 6 heteroatoms. The fourth-order valence-electron chi connectivity index (χ4n) is 1.99. The predicted molar refractivity (Wildman–Crippen MR) is 98.0 cm³/mol. The molecule has 3 nitrogen and oxygen atoms in total. The molecule has 19 heavy (non-hydrogen) atoms. The van der Waals surface area contributed by atoms with E-state index in [1.807, 2.05) is 7.05 Å². The normalized spacial score (nSPS) is 16.8. The van der Waals surface area contributed by atoms with Gasteiger partial charge in [0.1, 0.15) is 0 Å². The van der Waals surface area contributed by atoms with Crippen LogP contribution in [0.1, 0.15) is 18.4 Å². The quantitative estimate of drug-likeness (QED) is 0.454. The summed E-state index contributed by atoms with van der Waals surface area (Å²) >= 11 is 3.81. The fourth-order valence-corrected chi connectivity index (χ4v) is 3.86. The van der Waals surface area contributed by atoms with Crippen LogP contribution in [0, 0.1) is 5.92 Å². The van der Waals surface area contributed by atoms with E-state index in [-0.39, 0.29) is 24.0 Å². The Morgan fingerprint density at radius 3 is 2.79 bits per heavy atom. The van der Waals surface area contributed by atoms with Gasteiger partial charge in [0.2, 0.25) is 0 Å². The third-order valence-electron chi connectivity index (χ3n) is 3.16. The van der Waals surface area contributed by atoms with E-state index >= 15 is 0 Å². The first-order valence-corrected chi connectivity index (χ1v) is 8.51. The molecular formula is C13H22IN3S2. The maximum atomic E-state index is 4.26. The number of halogens is 1. The second kappa shape index (κ2) is 9.88. The van der Waals surface area contributed by atoms with Gasteiger partial charge >= 0.3 is 0 Å². The average Bonchev–Trinajstić information content (AvgIpc) is 2.93. The highest BCUT2D eigenvalue weighted by Gasteiger charge is 2.13. The number of guanidine groups is 1. The van der Waals surface area contributed by atoms with E-state index in [0.717, 1.165) is 25.0 Å². The molecule has 1 aliphatic rings. The van der Waals surface area contributed by atoms with Crippen LogP contribution in [0.15, 0.2) is 21.8 Å². The second-order valence-corrected chi connectivity index (χ2v) is 6.50. The van der Waals surface area contributed by atoms with Gasteiger partial charge in [0.25, 0.3) is 0 Å². The zero-order chi connectivity index (χ0) is 12.6. The van der Waals surface area contributed by atoms with Crippen molar-refractivity contribution in [3.63, 3.8) is 0 Å². The minimum atomic E-state index is 0. The standard InChI is InChI=1S/C13H21N3S2.HI/c1-14-13(16-9-12-4-7-18-10-12)15-8-11-2-5-17-6-3-11;/h4,7,10-11H,2-3,5-6,8-9H2,1H3,(H2,14,15,16);1H. The number of nitrogens with one attached hydrogen (secondary N) is 2. The van der Waals surface area contributed by atoms with Crippen LogP contribution in [0.5, 0.6) is 0 Å². The number of hydrogen-bond donors (Lipinski definition) is 2. The van der Waals surface area contributed by atoms with E-state index in [1.165, 1.54) is 29.9 Å². The summed E-state index contributed by atoms with van der Waals surface area (Å²) in [5.74, 6) is 4.35. The molecule has 2 heterocycles. The van der Waals surface area contributed by atoms with Crippen LogP contribution in [-0.4, -0.2) is 31.1 Å². The van der Waals surface area contributed by atoms with Gasteiger partial charge in [-0.1, -0.05) is 0 Å². The smallest absolute Gasteiger partial charge is 0.191 e. The maximum absolute atomic E-state index is 4.26. The molecule has 1 saturated heterocycles. The Bertz CT molecular complexity index is 362. The van der Waals surface area contributed by atoms with Gasteiger partial charge < -0.3 is 10.6 Å². The molecule has 1 aliphatic heterocycles. The first-order chi connectivity index (χ1) is 8.88. The van der Waals surface area contributed by atoms with Crippen molar-refractivity contribution in [1.82, 2.24) is 10.6 Å². The Hall–Kier alpha value is 0.0500. The van der Waals surface area contributed by atoms with Gasteiger partial charge in [-0.3, -0.25) is 4.99 Å². The molecule has 0 unspecified atom stereocenters. The fraction of sp³-hybridized carbons (Fsp3) is 0.615. The van der Waals surface area contributed by atoms with Crippen molar-refractivity contribution in [2.24, 2.45) is 10.9 Å². The van der Waals surface area contributed by atoms with Crippen LogP contribution in [0.3, 0.4) is 0 Å². The third kappa shape index (κ3) is 6.35. The molecule has 0 aliphatic carbocycles. The van der Waals surface area contributed by atoms with Crippen molar-refractivity contribution >= 4 is 53.0 Å². The minimum absolute atomic E-state index is 0. The molecule has 0 atom stereocenters. The Balaban J connectivity index is 0.00000180. The van der Waals surface area contributed by atoms with Crippen molar-refractivity contribution in [2.75, 3.05) is 25.1 Å². The molecule has 0 bridgehead atoms. The minimum Gasteiger partial charge on any atom is -0.356 e. The lowest BCUT2D eigenvalue weighted by Gasteiger charge is -2.22. The molecule has 0 saturated carbocycles. The molecule has 1 fully saturated rings. The summed E-state index contributed by atoms with van der Waals surface area (Å²) in [6.07, 6.45) is 2.67. The van der Waals surface area contributed by atoms with Crippen LogP contribution >= 0.6 is 47.1 Å². The highest BCUT2D eigenvalue weighted by atomic mass is 127. The largest absolute Gasteiger partial charge is 0.356 e. The summed E-state index contributed by atoms with van der Waals surface area (Å²) in [5.41, 5.74) is 1.32. The Labute approximate surface area is 141 Å². The SMILES string of the molecule is CN=C(NCc1ccsc1)NCC1CCSCC1.I. The van der Waals surface area contributed by atoms with E-state index in [1.54, 1.807) is 11.3 Å². The third-order valence-corrected chi connectivity index (χ3v) is 4.94. The summed E-state index contributed by atoms with van der Waals surface area (Å²) in [6.45, 7) is 1.90. The van der Waals surface area contributed by atoms with E-state index < -0.39 is 0 Å². The van der Waals surface area contributed by atoms with Gasteiger partial charge in [0.05, 0.1) is 0 Å². The summed E-state index contributed by atoms with van der Waals surface area (Å²) in [5, 5.41) is 11.1. The molecule has 2 rings (SSSR count). The van der Waals surface area contributed by atoms with E-state index in [2.05, 4.69) is 44.2 Å². The molecule has 108 valence electrons. The highest BCUT2D eigenvalue weighted by molar-refractivity contribution is 14.0. The van der Waals surface area contributed by atoms with E-state index in [9.17, 15) is 0 Å². The van der Waals surface area contributed by atoms with Gasteiger partial charge in [-0.2, -0.15) is 23.1 Å². The number of rotatable bonds is 4. The second-order valence-electron chi connectivity index (χ2n) is 4.49. The Morgan fingerprint density at radius 1 is 1.37 bits per heavy atom. The maximum Gasteiger partial charge on any atom is 0.191 e. The topological polar surface area (TPSA) is 36.4 Å². The van der Waals surface area contributed by atoms with Gasteiger partial charge in [0.15, 0.2) is 5.96 Å². The molecular weight excluding hydrogens is 389 g/mol. The van der Waals surface area contributed by atoms with Crippen LogP contribution in [0.4, 0.5) is 0 Å². The van der Waals surface area contributed by atoms with Crippen molar-refractivity contribution in [3.05, 3.63) is 22.4 Å². The van der Waals surface area contributed by atoms with Crippen molar-refractivity contribution in [1.29, 1.82) is 0 Å². The summed E-state index contributed by atoms with van der Waals surface area (Å²) in [7, 11) is 1.83. The highest BCUT2D eigenvalue weighted by Crippen LogP contribution is 2.21. The monoisotopic (exact) mass is 411 g/mol. The molecule has 0 amide bonds. The van der Waals surface area contributed by atoms with Gasteiger partial charge in [-0.15, -0.1) is 24.0 Å². The number of thioether (sulfide) groups is 1. The molecule has 1 aromatic heterocycles. The van der Waals surface area contributed by atoms with E-state index in [4.69, 9.17) is 0 Å². The Morgan fingerprint density at radius 2 is 2.16 bits per heavy atom.